The maximum atomic E-state index is 12.8. The number of aromatic nitrogens is 2. The Bertz CT molecular complexity index is 930. The molecule has 2 heterocycles. The molecule has 0 aliphatic carbocycles. The molecule has 0 saturated carbocycles. The SMILES string of the molecule is Cc1cccc(C)c1NC(=O)N1CCCN1C(=O)/C=C/c1c(C)nn(C)c1Cl. The third-order valence-corrected chi connectivity index (χ3v) is 5.27. The molecule has 0 spiro atoms. The molecule has 2 aromatic rings. The van der Waals surface area contributed by atoms with Gasteiger partial charge in [0.2, 0.25) is 0 Å². The van der Waals surface area contributed by atoms with Gasteiger partial charge >= 0.3 is 6.03 Å². The molecule has 1 saturated heterocycles. The number of hydrogen-bond acceptors (Lipinski definition) is 3. The highest BCUT2D eigenvalue weighted by Gasteiger charge is 2.30. The number of aryl methyl sites for hydroxylation is 4. The second-order valence-corrected chi connectivity index (χ2v) is 7.24. The summed E-state index contributed by atoms with van der Waals surface area (Å²) in [4.78, 5) is 25.5. The first-order valence-electron chi connectivity index (χ1n) is 9.13. The van der Waals surface area contributed by atoms with Crippen molar-refractivity contribution >= 4 is 35.3 Å². The zero-order valence-corrected chi connectivity index (χ0v) is 17.2. The fourth-order valence-electron chi connectivity index (χ4n) is 3.31. The maximum absolute atomic E-state index is 12.8. The van der Waals surface area contributed by atoms with Crippen molar-refractivity contribution in [2.75, 3.05) is 18.4 Å². The molecule has 7 nitrogen and oxygen atoms in total. The number of urea groups is 1. The van der Waals surface area contributed by atoms with Gasteiger partial charge in [-0.2, -0.15) is 5.10 Å². The van der Waals surface area contributed by atoms with Crippen LogP contribution in [0, 0.1) is 20.8 Å². The molecule has 148 valence electrons. The lowest BCUT2D eigenvalue weighted by Gasteiger charge is -2.27. The zero-order valence-electron chi connectivity index (χ0n) is 16.5. The summed E-state index contributed by atoms with van der Waals surface area (Å²) >= 11 is 6.21. The first kappa shape index (κ1) is 19.9. The molecule has 8 heteroatoms. The van der Waals surface area contributed by atoms with E-state index in [1.165, 1.54) is 16.1 Å². The van der Waals surface area contributed by atoms with Gasteiger partial charge in [0, 0.05) is 37.5 Å². The summed E-state index contributed by atoms with van der Waals surface area (Å²) in [6.45, 7) is 6.69. The average Bonchev–Trinajstić information content (AvgIpc) is 3.22. The van der Waals surface area contributed by atoms with Crippen LogP contribution in [-0.4, -0.2) is 44.8 Å². The second kappa shape index (κ2) is 8.06. The molecule has 3 rings (SSSR count). The molecule has 0 radical (unpaired) electrons. The van der Waals surface area contributed by atoms with Crippen molar-refractivity contribution in [2.45, 2.75) is 27.2 Å². The van der Waals surface area contributed by atoms with Gasteiger partial charge in [0.15, 0.2) is 0 Å². The molecular weight excluding hydrogens is 378 g/mol. The fraction of sp³-hybridized carbons (Fsp3) is 0.350. The topological polar surface area (TPSA) is 70.5 Å². The number of nitrogens with zero attached hydrogens (tertiary/aromatic N) is 4. The van der Waals surface area contributed by atoms with Crippen molar-refractivity contribution in [1.29, 1.82) is 0 Å². The molecule has 1 aromatic heterocycles. The van der Waals surface area contributed by atoms with Crippen LogP contribution in [-0.2, 0) is 11.8 Å². The molecule has 0 bridgehead atoms. The Balaban J connectivity index is 1.74. The summed E-state index contributed by atoms with van der Waals surface area (Å²) < 4.78 is 1.56. The van der Waals surface area contributed by atoms with E-state index in [-0.39, 0.29) is 11.9 Å². The average molecular weight is 402 g/mol. The van der Waals surface area contributed by atoms with Gasteiger partial charge in [-0.25, -0.2) is 14.8 Å². The van der Waals surface area contributed by atoms with Gasteiger partial charge in [0.05, 0.1) is 5.69 Å². The van der Waals surface area contributed by atoms with Crippen LogP contribution in [0.25, 0.3) is 6.08 Å². The van der Waals surface area contributed by atoms with Crippen LogP contribution in [0.1, 0.15) is 28.8 Å². The molecule has 3 amide bonds. The van der Waals surface area contributed by atoms with E-state index in [9.17, 15) is 9.59 Å². The van der Waals surface area contributed by atoms with Gasteiger partial charge in [0.25, 0.3) is 5.91 Å². The van der Waals surface area contributed by atoms with Crippen LogP contribution in [0.5, 0.6) is 0 Å². The van der Waals surface area contributed by atoms with E-state index < -0.39 is 0 Å². The zero-order chi connectivity index (χ0) is 20.4. The third kappa shape index (κ3) is 3.89. The van der Waals surface area contributed by atoms with E-state index in [1.807, 2.05) is 39.0 Å². The third-order valence-electron chi connectivity index (χ3n) is 4.82. The molecule has 0 unspecified atom stereocenters. The van der Waals surface area contributed by atoms with Crippen molar-refractivity contribution < 1.29 is 9.59 Å². The van der Waals surface area contributed by atoms with Crippen LogP contribution < -0.4 is 5.32 Å². The lowest BCUT2D eigenvalue weighted by Crippen LogP contribution is -2.46. The minimum absolute atomic E-state index is 0.270. The Hall–Kier alpha value is -2.80. The number of hydrazine groups is 1. The van der Waals surface area contributed by atoms with Crippen LogP contribution in [0.15, 0.2) is 24.3 Å². The van der Waals surface area contributed by atoms with E-state index >= 15 is 0 Å². The van der Waals surface area contributed by atoms with Gasteiger partial charge in [-0.15, -0.1) is 0 Å². The minimum Gasteiger partial charge on any atom is -0.306 e. The Kier molecular flexibility index (Phi) is 5.74. The Morgan fingerprint density at radius 2 is 1.79 bits per heavy atom. The van der Waals surface area contributed by atoms with Crippen molar-refractivity contribution in [2.24, 2.45) is 7.05 Å². The number of benzene rings is 1. The van der Waals surface area contributed by atoms with Crippen molar-refractivity contribution in [3.05, 3.63) is 51.8 Å². The van der Waals surface area contributed by atoms with Crippen molar-refractivity contribution in [3.8, 4) is 0 Å². The standard InChI is InChI=1S/C20H24ClN5O2/c1-13-7-5-8-14(2)18(13)22-20(28)26-12-6-11-25(26)17(27)10-9-16-15(3)23-24(4)19(16)21/h5,7-10H,6,11-12H2,1-4H3,(H,22,28)/b10-9+. The van der Waals surface area contributed by atoms with Crippen LogP contribution in [0.2, 0.25) is 5.15 Å². The molecule has 1 fully saturated rings. The fourth-order valence-corrected chi connectivity index (χ4v) is 3.55. The summed E-state index contributed by atoms with van der Waals surface area (Å²) in [6.07, 6.45) is 3.81. The highest BCUT2D eigenvalue weighted by Crippen LogP contribution is 2.23. The van der Waals surface area contributed by atoms with E-state index in [2.05, 4.69) is 10.4 Å². The molecule has 1 aliphatic rings. The van der Waals surface area contributed by atoms with Crippen LogP contribution >= 0.6 is 11.6 Å². The second-order valence-electron chi connectivity index (χ2n) is 6.88. The number of nitrogens with one attached hydrogen (secondary N) is 1. The van der Waals surface area contributed by atoms with Gasteiger partial charge in [-0.1, -0.05) is 29.8 Å². The number of rotatable bonds is 3. The highest BCUT2D eigenvalue weighted by atomic mass is 35.5. The normalized spacial score (nSPS) is 14.2. The molecule has 0 atom stereocenters. The Labute approximate surface area is 169 Å². The maximum Gasteiger partial charge on any atom is 0.340 e. The molecule has 1 aliphatic heterocycles. The number of halogens is 1. The minimum atomic E-state index is -0.313. The van der Waals surface area contributed by atoms with Gasteiger partial charge < -0.3 is 5.32 Å². The summed E-state index contributed by atoms with van der Waals surface area (Å²) in [5.74, 6) is -0.270. The molecular formula is C20H24ClN5O2. The molecule has 1 N–H and O–H groups in total. The summed E-state index contributed by atoms with van der Waals surface area (Å²) in [5, 5.41) is 10.5. The van der Waals surface area contributed by atoms with Gasteiger partial charge in [0.1, 0.15) is 5.15 Å². The van der Waals surface area contributed by atoms with E-state index in [4.69, 9.17) is 11.6 Å². The summed E-state index contributed by atoms with van der Waals surface area (Å²) in [5.41, 5.74) is 4.17. The van der Waals surface area contributed by atoms with Crippen molar-refractivity contribution in [3.63, 3.8) is 0 Å². The smallest absolute Gasteiger partial charge is 0.306 e. The van der Waals surface area contributed by atoms with E-state index in [0.717, 1.165) is 28.9 Å². The molecule has 1 aromatic carbocycles. The largest absolute Gasteiger partial charge is 0.340 e. The number of anilines is 1. The summed E-state index contributed by atoms with van der Waals surface area (Å²) in [6, 6.07) is 5.52. The first-order valence-corrected chi connectivity index (χ1v) is 9.50. The number of carbonyl (C=O) groups excluding carboxylic acids is 2. The van der Waals surface area contributed by atoms with Crippen LogP contribution in [0.3, 0.4) is 0 Å². The van der Waals surface area contributed by atoms with Gasteiger partial charge in [-0.05, 0) is 44.4 Å². The lowest BCUT2D eigenvalue weighted by molar-refractivity contribution is -0.134. The quantitative estimate of drug-likeness (QED) is 0.797. The molecule has 28 heavy (non-hydrogen) atoms. The van der Waals surface area contributed by atoms with Crippen molar-refractivity contribution in [1.82, 2.24) is 19.8 Å². The highest BCUT2D eigenvalue weighted by molar-refractivity contribution is 6.31. The number of para-hydroxylation sites is 1. The first-order chi connectivity index (χ1) is 13.3. The van der Waals surface area contributed by atoms with Gasteiger partial charge in [-0.3, -0.25) is 9.48 Å². The monoisotopic (exact) mass is 401 g/mol. The Morgan fingerprint density at radius 1 is 1.14 bits per heavy atom. The lowest BCUT2D eigenvalue weighted by atomic mass is 10.1. The van der Waals surface area contributed by atoms with E-state index in [0.29, 0.717) is 23.8 Å². The number of amides is 3. The summed E-state index contributed by atoms with van der Waals surface area (Å²) in [7, 11) is 1.74. The van der Waals surface area contributed by atoms with E-state index in [1.54, 1.807) is 17.8 Å². The predicted octanol–water partition coefficient (Wildman–Crippen LogP) is 3.69. The predicted molar refractivity (Wildman–Crippen MR) is 110 cm³/mol. The number of hydrogen-bond donors (Lipinski definition) is 1. The number of carbonyl (C=O) groups is 2. The Morgan fingerprint density at radius 3 is 2.39 bits per heavy atom. The van der Waals surface area contributed by atoms with Crippen LogP contribution in [0.4, 0.5) is 10.5 Å².